The fraction of sp³-hybridized carbons (Fsp3) is 0.227. The van der Waals surface area contributed by atoms with Gasteiger partial charge >= 0.3 is 0 Å². The molecule has 3 rings (SSSR count). The Morgan fingerprint density at radius 1 is 1.04 bits per heavy atom. The summed E-state index contributed by atoms with van der Waals surface area (Å²) in [5, 5.41) is 3.02. The fourth-order valence-corrected chi connectivity index (χ4v) is 3.08. The van der Waals surface area contributed by atoms with Gasteiger partial charge in [-0.15, -0.1) is 0 Å². The fourth-order valence-electron chi connectivity index (χ4n) is 3.08. The predicted octanol–water partition coefficient (Wildman–Crippen LogP) is 4.10. The van der Waals surface area contributed by atoms with Gasteiger partial charge in [0.15, 0.2) is 0 Å². The van der Waals surface area contributed by atoms with E-state index in [1.165, 1.54) is 11.1 Å². The maximum absolute atomic E-state index is 12.6. The molecular weight excluding hydrogens is 324 g/mol. The first-order valence-electron chi connectivity index (χ1n) is 8.75. The number of methoxy groups -OCH3 is 1. The van der Waals surface area contributed by atoms with E-state index in [0.717, 1.165) is 11.3 Å². The number of amides is 1. The second-order valence-electron chi connectivity index (χ2n) is 6.33. The van der Waals surface area contributed by atoms with Gasteiger partial charge in [0.25, 0.3) is 0 Å². The van der Waals surface area contributed by atoms with E-state index >= 15 is 0 Å². The summed E-state index contributed by atoms with van der Waals surface area (Å²) in [4.78, 5) is 12.6. The third-order valence-corrected chi connectivity index (χ3v) is 4.56. The van der Waals surface area contributed by atoms with Crippen molar-refractivity contribution in [2.45, 2.75) is 25.9 Å². The van der Waals surface area contributed by atoms with Crippen molar-refractivity contribution in [1.29, 1.82) is 0 Å². The molecule has 0 radical (unpaired) electrons. The Balaban J connectivity index is 1.68. The van der Waals surface area contributed by atoms with Gasteiger partial charge in [-0.1, -0.05) is 36.4 Å². The first-order valence-corrected chi connectivity index (χ1v) is 8.75. The molecular formula is C22H24N2O2. The van der Waals surface area contributed by atoms with Crippen LogP contribution in [0.2, 0.25) is 0 Å². The topological polar surface area (TPSA) is 43.3 Å². The smallest absolute Gasteiger partial charge is 0.222 e. The lowest BCUT2D eigenvalue weighted by atomic mass is 9.98. The quantitative estimate of drug-likeness (QED) is 0.698. The molecule has 1 heterocycles. The number of benzene rings is 2. The van der Waals surface area contributed by atoms with Crippen molar-refractivity contribution < 1.29 is 9.53 Å². The minimum absolute atomic E-state index is 0.0120. The average Bonchev–Trinajstić information content (AvgIpc) is 3.20. The van der Waals surface area contributed by atoms with Crippen LogP contribution in [0.3, 0.4) is 0 Å². The summed E-state index contributed by atoms with van der Waals surface area (Å²) in [6, 6.07) is 19.9. The number of nitrogens with zero attached hydrogens (tertiary/aromatic N) is 1. The van der Waals surface area contributed by atoms with E-state index < -0.39 is 0 Å². The largest absolute Gasteiger partial charge is 0.497 e. The Morgan fingerprint density at radius 3 is 2.38 bits per heavy atom. The maximum Gasteiger partial charge on any atom is 0.222 e. The first-order chi connectivity index (χ1) is 12.7. The highest BCUT2D eigenvalue weighted by Crippen LogP contribution is 2.25. The van der Waals surface area contributed by atoms with Gasteiger partial charge in [-0.25, -0.2) is 0 Å². The molecule has 0 aliphatic carbocycles. The Hall–Kier alpha value is -3.01. The monoisotopic (exact) mass is 348 g/mol. The minimum atomic E-state index is -0.0120. The van der Waals surface area contributed by atoms with Gasteiger partial charge in [0.1, 0.15) is 5.75 Å². The highest BCUT2D eigenvalue weighted by Gasteiger charge is 2.18. The molecule has 0 saturated carbocycles. The van der Waals surface area contributed by atoms with Crippen LogP contribution in [-0.4, -0.2) is 17.6 Å². The van der Waals surface area contributed by atoms with Crippen LogP contribution in [0.1, 0.15) is 29.2 Å². The van der Waals surface area contributed by atoms with Crippen LogP contribution in [0.15, 0.2) is 73.1 Å². The van der Waals surface area contributed by atoms with Crippen molar-refractivity contribution >= 4 is 5.91 Å². The third-order valence-electron chi connectivity index (χ3n) is 4.56. The molecule has 4 heteroatoms. The molecule has 3 aromatic rings. The first kappa shape index (κ1) is 17.8. The molecule has 26 heavy (non-hydrogen) atoms. The number of rotatable bonds is 7. The molecule has 0 spiro atoms. The summed E-state index contributed by atoms with van der Waals surface area (Å²) in [7, 11) is 1.64. The molecule has 1 N–H and O–H groups in total. The summed E-state index contributed by atoms with van der Waals surface area (Å²) in [5.41, 5.74) is 3.41. The van der Waals surface area contributed by atoms with E-state index in [0.29, 0.717) is 13.0 Å². The number of carbonyl (C=O) groups is 1. The van der Waals surface area contributed by atoms with Crippen LogP contribution < -0.4 is 10.1 Å². The van der Waals surface area contributed by atoms with Gasteiger partial charge in [-0.2, -0.15) is 0 Å². The zero-order valence-corrected chi connectivity index (χ0v) is 15.2. The molecule has 4 nitrogen and oxygen atoms in total. The van der Waals surface area contributed by atoms with Gasteiger partial charge in [0.2, 0.25) is 5.91 Å². The van der Waals surface area contributed by atoms with E-state index in [1.54, 1.807) is 7.11 Å². The van der Waals surface area contributed by atoms with Gasteiger partial charge in [-0.3, -0.25) is 4.79 Å². The zero-order valence-electron chi connectivity index (χ0n) is 15.2. The summed E-state index contributed by atoms with van der Waals surface area (Å²) < 4.78 is 7.25. The minimum Gasteiger partial charge on any atom is -0.497 e. The molecule has 1 aromatic heterocycles. The van der Waals surface area contributed by atoms with Gasteiger partial charge < -0.3 is 14.6 Å². The Kier molecular flexibility index (Phi) is 5.74. The molecule has 1 unspecified atom stereocenters. The van der Waals surface area contributed by atoms with Crippen molar-refractivity contribution in [3.63, 3.8) is 0 Å². The molecule has 0 saturated heterocycles. The summed E-state index contributed by atoms with van der Waals surface area (Å²) in [6.07, 6.45) is 4.41. The Labute approximate surface area is 154 Å². The van der Waals surface area contributed by atoms with E-state index in [9.17, 15) is 4.79 Å². The van der Waals surface area contributed by atoms with Gasteiger partial charge in [-0.05, 0) is 47.9 Å². The normalized spacial score (nSPS) is 11.8. The van der Waals surface area contributed by atoms with Crippen LogP contribution in [0, 0.1) is 6.92 Å². The summed E-state index contributed by atoms with van der Waals surface area (Å²) in [6.45, 7) is 2.59. The van der Waals surface area contributed by atoms with Crippen LogP contribution in [0.5, 0.6) is 5.75 Å². The molecule has 1 amide bonds. The maximum atomic E-state index is 12.6. The lowest BCUT2D eigenvalue weighted by Crippen LogP contribution is -2.26. The second kappa shape index (κ2) is 8.39. The Bertz CT molecular complexity index is 839. The highest BCUT2D eigenvalue weighted by atomic mass is 16.5. The van der Waals surface area contributed by atoms with Crippen molar-refractivity contribution in [3.05, 3.63) is 89.7 Å². The molecule has 1 atom stereocenters. The second-order valence-corrected chi connectivity index (χ2v) is 6.33. The molecule has 0 aliphatic rings. The van der Waals surface area contributed by atoms with Crippen molar-refractivity contribution in [3.8, 4) is 5.75 Å². The number of carbonyl (C=O) groups excluding carboxylic acids is 1. The molecule has 134 valence electrons. The molecule has 0 fully saturated rings. The predicted molar refractivity (Wildman–Crippen MR) is 103 cm³/mol. The lowest BCUT2D eigenvalue weighted by Gasteiger charge is -2.21. The van der Waals surface area contributed by atoms with Gasteiger partial charge in [0.05, 0.1) is 19.6 Å². The van der Waals surface area contributed by atoms with E-state index in [2.05, 4.69) is 28.9 Å². The number of aromatic nitrogens is 1. The number of aryl methyl sites for hydroxylation is 1. The number of hydrogen-bond acceptors (Lipinski definition) is 2. The van der Waals surface area contributed by atoms with Crippen molar-refractivity contribution in [1.82, 2.24) is 9.88 Å². The average molecular weight is 348 g/mol. The van der Waals surface area contributed by atoms with E-state index in [-0.39, 0.29) is 11.9 Å². The molecule has 0 aliphatic heterocycles. The third kappa shape index (κ3) is 4.33. The Morgan fingerprint density at radius 2 is 1.73 bits per heavy atom. The standard InChI is InChI=1S/C22H24N2O2/c1-17-7-3-4-8-20(17)21(24-13-5-6-14-24)15-22(25)23-16-18-9-11-19(26-2)12-10-18/h3-14,21H,15-16H2,1-2H3,(H,23,25). The molecule has 2 aromatic carbocycles. The van der Waals surface area contributed by atoms with E-state index in [1.807, 2.05) is 60.9 Å². The van der Waals surface area contributed by atoms with E-state index in [4.69, 9.17) is 4.74 Å². The number of hydrogen-bond donors (Lipinski definition) is 1. The van der Waals surface area contributed by atoms with Crippen LogP contribution >= 0.6 is 0 Å². The highest BCUT2D eigenvalue weighted by molar-refractivity contribution is 5.77. The number of nitrogens with one attached hydrogen (secondary N) is 1. The van der Waals surface area contributed by atoms with Crippen LogP contribution in [0.25, 0.3) is 0 Å². The van der Waals surface area contributed by atoms with Crippen molar-refractivity contribution in [2.24, 2.45) is 0 Å². The SMILES string of the molecule is COc1ccc(CNC(=O)CC(c2ccccc2C)n2cccc2)cc1. The molecule has 0 bridgehead atoms. The van der Waals surface area contributed by atoms with Crippen LogP contribution in [-0.2, 0) is 11.3 Å². The number of ether oxygens (including phenoxy) is 1. The van der Waals surface area contributed by atoms with Crippen molar-refractivity contribution in [2.75, 3.05) is 7.11 Å². The summed E-state index contributed by atoms with van der Waals surface area (Å²) in [5.74, 6) is 0.843. The zero-order chi connectivity index (χ0) is 18.4. The summed E-state index contributed by atoms with van der Waals surface area (Å²) >= 11 is 0. The lowest BCUT2D eigenvalue weighted by molar-refractivity contribution is -0.121. The van der Waals surface area contributed by atoms with Crippen LogP contribution in [0.4, 0.5) is 0 Å². The van der Waals surface area contributed by atoms with Gasteiger partial charge in [0, 0.05) is 18.9 Å².